The summed E-state index contributed by atoms with van der Waals surface area (Å²) in [4.78, 5) is 0. The molecule has 0 spiro atoms. The largest absolute Gasteiger partial charge is 0.544 e. The van der Waals surface area contributed by atoms with Gasteiger partial charge in [-0.3, -0.25) is 0 Å². The molecule has 0 saturated heterocycles. The van der Waals surface area contributed by atoms with E-state index in [2.05, 4.69) is 63.5 Å². The van der Waals surface area contributed by atoms with Gasteiger partial charge in [-0.15, -0.1) is 5.16 Å². The molecule has 1 aromatic carbocycles. The first-order chi connectivity index (χ1) is 9.11. The standard InChI is InChI=1S/C15H27NO2Si2/c1-8-13-9-10-15(17-19(2,3)4)14(11-13)12-16-18-20(5,6)7/h9-12H,8H2,1-7H3/b16-12+. The molecule has 0 fully saturated rings. The molecule has 0 aliphatic heterocycles. The lowest BCUT2D eigenvalue weighted by Crippen LogP contribution is -2.29. The number of hydrogen-bond donors (Lipinski definition) is 0. The lowest BCUT2D eigenvalue weighted by Gasteiger charge is -2.21. The SMILES string of the molecule is CCc1ccc(O[Si](C)(C)C)c(/C=N/O[Si](C)(C)C)c1. The number of aryl methyl sites for hydroxylation is 1. The molecular weight excluding hydrogens is 282 g/mol. The van der Waals surface area contributed by atoms with Crippen LogP contribution in [0.25, 0.3) is 0 Å². The predicted octanol–water partition coefficient (Wildman–Crippen LogP) is 4.65. The van der Waals surface area contributed by atoms with Crippen LogP contribution in [0.1, 0.15) is 18.1 Å². The predicted molar refractivity (Wildman–Crippen MR) is 91.8 cm³/mol. The Kier molecular flexibility index (Phi) is 5.59. The van der Waals surface area contributed by atoms with Crippen molar-refractivity contribution in [3.63, 3.8) is 0 Å². The van der Waals surface area contributed by atoms with Gasteiger partial charge in [0.15, 0.2) is 0 Å². The number of hydrogen-bond acceptors (Lipinski definition) is 3. The van der Waals surface area contributed by atoms with Gasteiger partial charge in [0, 0.05) is 5.56 Å². The number of benzene rings is 1. The zero-order valence-corrected chi connectivity index (χ0v) is 15.8. The van der Waals surface area contributed by atoms with E-state index in [0.29, 0.717) is 0 Å². The number of rotatable bonds is 6. The van der Waals surface area contributed by atoms with Crippen LogP contribution in [0, 0.1) is 0 Å². The average Bonchev–Trinajstić information content (AvgIpc) is 2.27. The van der Waals surface area contributed by atoms with Crippen LogP contribution < -0.4 is 4.43 Å². The van der Waals surface area contributed by atoms with Crippen molar-refractivity contribution in [1.82, 2.24) is 0 Å². The van der Waals surface area contributed by atoms with Crippen LogP contribution in [0.3, 0.4) is 0 Å². The van der Waals surface area contributed by atoms with Gasteiger partial charge in [-0.25, -0.2) is 0 Å². The lowest BCUT2D eigenvalue weighted by molar-refractivity contribution is 0.338. The normalized spacial score (nSPS) is 12.8. The molecule has 0 amide bonds. The highest BCUT2D eigenvalue weighted by Crippen LogP contribution is 2.22. The van der Waals surface area contributed by atoms with Crippen molar-refractivity contribution in [3.05, 3.63) is 29.3 Å². The van der Waals surface area contributed by atoms with Crippen molar-refractivity contribution in [3.8, 4) is 5.75 Å². The summed E-state index contributed by atoms with van der Waals surface area (Å²) in [5.74, 6) is 0.907. The quantitative estimate of drug-likeness (QED) is 0.435. The van der Waals surface area contributed by atoms with Crippen LogP contribution in [-0.4, -0.2) is 22.8 Å². The molecule has 0 aliphatic rings. The Morgan fingerprint density at radius 3 is 2.20 bits per heavy atom. The fraction of sp³-hybridized carbons (Fsp3) is 0.533. The average molecular weight is 310 g/mol. The molecule has 1 rings (SSSR count). The summed E-state index contributed by atoms with van der Waals surface area (Å²) in [6.45, 7) is 15.0. The molecule has 0 bridgehead atoms. The summed E-state index contributed by atoms with van der Waals surface area (Å²) in [7, 11) is -3.25. The zero-order chi connectivity index (χ0) is 15.4. The van der Waals surface area contributed by atoms with E-state index in [1.165, 1.54) is 5.56 Å². The maximum atomic E-state index is 6.12. The number of nitrogens with zero attached hydrogens (tertiary/aromatic N) is 1. The highest BCUT2D eigenvalue weighted by Gasteiger charge is 2.18. The maximum absolute atomic E-state index is 6.12. The topological polar surface area (TPSA) is 30.8 Å². The molecule has 0 aliphatic carbocycles. The molecule has 1 aromatic rings. The van der Waals surface area contributed by atoms with Gasteiger partial charge in [0.25, 0.3) is 8.32 Å². The van der Waals surface area contributed by atoms with Gasteiger partial charge in [-0.1, -0.05) is 13.0 Å². The van der Waals surface area contributed by atoms with Gasteiger partial charge in [-0.2, -0.15) is 0 Å². The smallest absolute Gasteiger partial charge is 0.278 e. The van der Waals surface area contributed by atoms with Crippen LogP contribution >= 0.6 is 0 Å². The molecule has 20 heavy (non-hydrogen) atoms. The molecule has 3 nitrogen and oxygen atoms in total. The highest BCUT2D eigenvalue weighted by atomic mass is 28.4. The molecule has 0 aromatic heterocycles. The third-order valence-electron chi connectivity index (χ3n) is 2.42. The molecule has 5 heteroatoms. The molecule has 0 radical (unpaired) electrons. The second-order valence-corrected chi connectivity index (χ2v) is 15.7. The summed E-state index contributed by atoms with van der Waals surface area (Å²) in [6, 6.07) is 6.30. The second kappa shape index (κ2) is 6.58. The summed E-state index contributed by atoms with van der Waals surface area (Å²) in [5, 5.41) is 4.15. The second-order valence-electron chi connectivity index (χ2n) is 6.88. The first-order valence-corrected chi connectivity index (χ1v) is 14.0. The van der Waals surface area contributed by atoms with Gasteiger partial charge in [0.2, 0.25) is 8.32 Å². The lowest BCUT2D eigenvalue weighted by atomic mass is 10.1. The first-order valence-electron chi connectivity index (χ1n) is 7.14. The van der Waals surface area contributed by atoms with E-state index in [0.717, 1.165) is 17.7 Å². The van der Waals surface area contributed by atoms with Crippen LogP contribution in [0.2, 0.25) is 39.3 Å². The van der Waals surface area contributed by atoms with E-state index in [9.17, 15) is 0 Å². The van der Waals surface area contributed by atoms with E-state index >= 15 is 0 Å². The van der Waals surface area contributed by atoms with Crippen molar-refractivity contribution >= 4 is 22.8 Å². The van der Waals surface area contributed by atoms with Crippen LogP contribution in [0.15, 0.2) is 23.4 Å². The van der Waals surface area contributed by atoms with E-state index in [1.807, 2.05) is 6.07 Å². The zero-order valence-electron chi connectivity index (χ0n) is 13.8. The van der Waals surface area contributed by atoms with Crippen LogP contribution in [-0.2, 0) is 10.9 Å². The van der Waals surface area contributed by atoms with E-state index in [1.54, 1.807) is 6.21 Å². The summed E-state index contributed by atoms with van der Waals surface area (Å²) in [6.07, 6.45) is 2.79. The van der Waals surface area contributed by atoms with Gasteiger partial charge < -0.3 is 8.95 Å². The fourth-order valence-corrected chi connectivity index (χ4v) is 2.80. The minimum Gasteiger partial charge on any atom is -0.544 e. The first kappa shape index (κ1) is 17.0. The highest BCUT2D eigenvalue weighted by molar-refractivity contribution is 6.70. The van der Waals surface area contributed by atoms with Crippen molar-refractivity contribution < 1.29 is 8.95 Å². The van der Waals surface area contributed by atoms with Gasteiger partial charge >= 0.3 is 0 Å². The fourth-order valence-electron chi connectivity index (χ4n) is 1.58. The van der Waals surface area contributed by atoms with E-state index in [-0.39, 0.29) is 0 Å². The third kappa shape index (κ3) is 6.39. The maximum Gasteiger partial charge on any atom is 0.278 e. The van der Waals surface area contributed by atoms with Crippen molar-refractivity contribution in [2.75, 3.05) is 0 Å². The molecule has 0 atom stereocenters. The molecule has 0 saturated carbocycles. The van der Waals surface area contributed by atoms with Gasteiger partial charge in [0.05, 0.1) is 6.21 Å². The Bertz CT molecular complexity index is 474. The molecule has 112 valence electrons. The Hall–Kier alpha value is -1.08. The summed E-state index contributed by atoms with van der Waals surface area (Å²) < 4.78 is 11.7. The Balaban J connectivity index is 3.00. The summed E-state index contributed by atoms with van der Waals surface area (Å²) >= 11 is 0. The molecule has 0 heterocycles. The monoisotopic (exact) mass is 309 g/mol. The molecule has 0 N–H and O–H groups in total. The van der Waals surface area contributed by atoms with Gasteiger partial charge in [0.1, 0.15) is 5.75 Å². The van der Waals surface area contributed by atoms with E-state index < -0.39 is 16.6 Å². The minimum atomic E-state index is -1.63. The Labute approximate surface area is 125 Å². The Morgan fingerprint density at radius 1 is 1.05 bits per heavy atom. The number of oxime groups is 1. The van der Waals surface area contributed by atoms with Crippen LogP contribution in [0.5, 0.6) is 5.75 Å². The Morgan fingerprint density at radius 2 is 1.70 bits per heavy atom. The molecule has 0 unspecified atom stereocenters. The van der Waals surface area contributed by atoms with Gasteiger partial charge in [-0.05, 0) is 63.4 Å². The van der Waals surface area contributed by atoms with E-state index in [4.69, 9.17) is 8.95 Å². The minimum absolute atomic E-state index is 0.907. The van der Waals surface area contributed by atoms with Crippen molar-refractivity contribution in [2.45, 2.75) is 52.6 Å². The summed E-state index contributed by atoms with van der Waals surface area (Å²) in [5.41, 5.74) is 2.28. The van der Waals surface area contributed by atoms with Crippen molar-refractivity contribution in [1.29, 1.82) is 0 Å². The molecular formula is C15H27NO2Si2. The third-order valence-corrected chi connectivity index (χ3v) is 3.90. The van der Waals surface area contributed by atoms with Crippen molar-refractivity contribution in [2.24, 2.45) is 5.16 Å². The van der Waals surface area contributed by atoms with Crippen LogP contribution in [0.4, 0.5) is 0 Å².